The maximum absolute atomic E-state index is 12.8. The van der Waals surface area contributed by atoms with Crippen LogP contribution in [0.4, 0.5) is 0 Å². The van der Waals surface area contributed by atoms with E-state index in [4.69, 9.17) is 21.3 Å². The normalized spacial score (nSPS) is 12.9. The van der Waals surface area contributed by atoms with Crippen LogP contribution in [0.2, 0.25) is 5.02 Å². The van der Waals surface area contributed by atoms with E-state index >= 15 is 0 Å². The van der Waals surface area contributed by atoms with E-state index in [0.717, 1.165) is 27.8 Å². The number of carbonyl (C=O) groups excluding carboxylic acids is 1. The van der Waals surface area contributed by atoms with Crippen molar-refractivity contribution >= 4 is 34.4 Å². The van der Waals surface area contributed by atoms with Gasteiger partial charge in [0, 0.05) is 32.9 Å². The van der Waals surface area contributed by atoms with E-state index < -0.39 is 17.7 Å². The van der Waals surface area contributed by atoms with Gasteiger partial charge >= 0.3 is 5.97 Å². The molecule has 3 rings (SSSR count). The van der Waals surface area contributed by atoms with Crippen LogP contribution in [0, 0.1) is 20.8 Å². The number of Topliss-reactive ketones (excluding diaryl/α,β-unsaturated/α-hetero) is 1. The van der Waals surface area contributed by atoms with Gasteiger partial charge in [-0.2, -0.15) is 0 Å². The lowest BCUT2D eigenvalue weighted by Crippen LogP contribution is -2.27. The highest BCUT2D eigenvalue weighted by atomic mass is 35.5. The number of carboxylic acids is 1. The molecule has 32 heavy (non-hydrogen) atoms. The van der Waals surface area contributed by atoms with Crippen molar-refractivity contribution in [3.05, 3.63) is 51.8 Å². The fraction of sp³-hybridized carbons (Fsp3) is 0.400. The Labute approximate surface area is 193 Å². The Morgan fingerprint density at radius 1 is 1.16 bits per heavy atom. The molecule has 1 aromatic carbocycles. The van der Waals surface area contributed by atoms with Gasteiger partial charge in [0.2, 0.25) is 0 Å². The highest BCUT2D eigenvalue weighted by Crippen LogP contribution is 2.42. The number of aryl methyl sites for hydroxylation is 2. The van der Waals surface area contributed by atoms with Gasteiger partial charge < -0.3 is 14.4 Å². The third-order valence-corrected chi connectivity index (χ3v) is 5.77. The van der Waals surface area contributed by atoms with Crippen molar-refractivity contribution in [2.24, 2.45) is 0 Å². The maximum atomic E-state index is 12.8. The number of fused-ring (bicyclic) bond motifs is 1. The molecule has 3 aromatic rings. The van der Waals surface area contributed by atoms with Crippen LogP contribution in [0.1, 0.15) is 56.3 Å². The Morgan fingerprint density at radius 2 is 1.75 bits per heavy atom. The second kappa shape index (κ2) is 8.68. The highest BCUT2D eigenvalue weighted by molar-refractivity contribution is 6.30. The molecule has 0 aliphatic rings. The first kappa shape index (κ1) is 24.0. The second-order valence-corrected chi connectivity index (χ2v) is 9.54. The molecule has 7 heteroatoms. The third kappa shape index (κ3) is 4.57. The van der Waals surface area contributed by atoms with Crippen molar-refractivity contribution in [2.45, 2.75) is 66.7 Å². The number of aromatic nitrogens is 2. The molecule has 0 radical (unpaired) electrons. The molecule has 1 atom stereocenters. The number of rotatable bonds is 6. The number of aliphatic carboxylic acids is 1. The van der Waals surface area contributed by atoms with Crippen LogP contribution in [0.25, 0.3) is 22.2 Å². The quantitative estimate of drug-likeness (QED) is 0.506. The second-order valence-electron chi connectivity index (χ2n) is 9.10. The topological polar surface area (TPSA) is 81.4 Å². The van der Waals surface area contributed by atoms with Crippen LogP contribution in [0.5, 0.6) is 0 Å². The average molecular weight is 457 g/mol. The van der Waals surface area contributed by atoms with E-state index in [2.05, 4.69) is 0 Å². The van der Waals surface area contributed by atoms with Gasteiger partial charge in [0.25, 0.3) is 0 Å². The summed E-state index contributed by atoms with van der Waals surface area (Å²) in [6, 6.07) is 7.40. The number of carbonyl (C=O) groups is 2. The standard InChI is InChI=1S/C25H29ClN2O4/c1-13-15(3)28(12-19(30)31)24-20(13)22(17-8-10-18(26)11-9-17)21(14(2)27-24)23(16(4)29)32-25(5,6)7/h8-11,23H,12H2,1-7H3,(H,30,31)/t23-/m1/s1. The van der Waals surface area contributed by atoms with Gasteiger partial charge in [0.1, 0.15) is 18.3 Å². The molecule has 2 aromatic heterocycles. The van der Waals surface area contributed by atoms with E-state index in [0.29, 0.717) is 21.9 Å². The molecule has 6 nitrogen and oxygen atoms in total. The number of halogens is 1. The largest absolute Gasteiger partial charge is 0.480 e. The Morgan fingerprint density at radius 3 is 2.25 bits per heavy atom. The zero-order valence-electron chi connectivity index (χ0n) is 19.5. The van der Waals surface area contributed by atoms with Crippen LogP contribution in [0.3, 0.4) is 0 Å². The SMILES string of the molecule is CC(=O)[C@@H](OC(C)(C)C)c1c(C)nc2c(c(C)c(C)n2CC(=O)O)c1-c1ccc(Cl)cc1. The number of hydrogen-bond donors (Lipinski definition) is 1. The number of hydrogen-bond acceptors (Lipinski definition) is 4. The van der Waals surface area contributed by atoms with Crippen LogP contribution < -0.4 is 0 Å². The first-order chi connectivity index (χ1) is 14.8. The van der Waals surface area contributed by atoms with Gasteiger partial charge in [-0.3, -0.25) is 9.59 Å². The summed E-state index contributed by atoms with van der Waals surface area (Å²) in [5.41, 5.74) is 4.74. The summed E-state index contributed by atoms with van der Waals surface area (Å²) >= 11 is 6.15. The van der Waals surface area contributed by atoms with Crippen LogP contribution in [-0.4, -0.2) is 32.0 Å². The lowest BCUT2D eigenvalue weighted by atomic mass is 9.90. The number of ether oxygens (including phenoxy) is 1. The van der Waals surface area contributed by atoms with Crippen LogP contribution in [0.15, 0.2) is 24.3 Å². The van der Waals surface area contributed by atoms with Crippen LogP contribution >= 0.6 is 11.6 Å². The zero-order chi connectivity index (χ0) is 24.0. The zero-order valence-corrected chi connectivity index (χ0v) is 20.3. The molecule has 0 spiro atoms. The summed E-state index contributed by atoms with van der Waals surface area (Å²) in [6.45, 7) is 12.7. The van der Waals surface area contributed by atoms with Crippen molar-refractivity contribution in [3.63, 3.8) is 0 Å². The Hall–Kier alpha value is -2.70. The minimum atomic E-state index is -0.945. The van der Waals surface area contributed by atoms with Crippen molar-refractivity contribution in [2.75, 3.05) is 0 Å². The smallest absolute Gasteiger partial charge is 0.323 e. The third-order valence-electron chi connectivity index (χ3n) is 5.51. The average Bonchev–Trinajstić information content (AvgIpc) is 2.89. The van der Waals surface area contributed by atoms with Gasteiger partial charge in [0.05, 0.1) is 5.60 Å². The van der Waals surface area contributed by atoms with Crippen molar-refractivity contribution in [1.29, 1.82) is 0 Å². The molecule has 0 saturated carbocycles. The Balaban J connectivity index is 2.49. The van der Waals surface area contributed by atoms with E-state index in [9.17, 15) is 14.7 Å². The van der Waals surface area contributed by atoms with Crippen molar-refractivity contribution < 1.29 is 19.4 Å². The molecule has 1 N–H and O–H groups in total. The van der Waals surface area contributed by atoms with Crippen LogP contribution in [-0.2, 0) is 20.9 Å². The minimum absolute atomic E-state index is 0.126. The summed E-state index contributed by atoms with van der Waals surface area (Å²) in [6.07, 6.45) is -0.819. The van der Waals surface area contributed by atoms with E-state index in [1.54, 1.807) is 16.7 Å². The molecule has 170 valence electrons. The summed E-state index contributed by atoms with van der Waals surface area (Å²) in [5, 5.41) is 10.9. The number of pyridine rings is 1. The molecular weight excluding hydrogens is 428 g/mol. The fourth-order valence-electron chi connectivity index (χ4n) is 4.06. The molecule has 0 unspecified atom stereocenters. The monoisotopic (exact) mass is 456 g/mol. The Kier molecular flexibility index (Phi) is 6.50. The summed E-state index contributed by atoms with van der Waals surface area (Å²) in [5.74, 6) is -1.07. The van der Waals surface area contributed by atoms with Gasteiger partial charge in [-0.15, -0.1) is 0 Å². The molecule has 0 amide bonds. The Bertz CT molecular complexity index is 1200. The number of nitrogens with zero attached hydrogens (tertiary/aromatic N) is 2. The first-order valence-electron chi connectivity index (χ1n) is 10.5. The molecular formula is C25H29ClN2O4. The van der Waals surface area contributed by atoms with Gasteiger partial charge in [-0.25, -0.2) is 4.98 Å². The van der Waals surface area contributed by atoms with Crippen molar-refractivity contribution in [3.8, 4) is 11.1 Å². The number of carboxylic acid groups (broad SMARTS) is 1. The molecule has 0 aliphatic carbocycles. The molecule has 0 bridgehead atoms. The number of ketones is 1. The lowest BCUT2D eigenvalue weighted by molar-refractivity contribution is -0.139. The predicted molar refractivity (Wildman–Crippen MR) is 126 cm³/mol. The molecule has 0 aliphatic heterocycles. The summed E-state index contributed by atoms with van der Waals surface area (Å²) < 4.78 is 7.93. The van der Waals surface area contributed by atoms with Gasteiger partial charge in [-0.1, -0.05) is 23.7 Å². The predicted octanol–water partition coefficient (Wildman–Crippen LogP) is 5.81. The van der Waals surface area contributed by atoms with E-state index in [1.165, 1.54) is 6.92 Å². The molecule has 2 heterocycles. The summed E-state index contributed by atoms with van der Waals surface area (Å²) in [4.78, 5) is 29.1. The molecule has 0 saturated heterocycles. The van der Waals surface area contributed by atoms with E-state index in [-0.39, 0.29) is 12.3 Å². The van der Waals surface area contributed by atoms with E-state index in [1.807, 2.05) is 53.7 Å². The lowest BCUT2D eigenvalue weighted by Gasteiger charge is -2.29. The van der Waals surface area contributed by atoms with Gasteiger partial charge in [0.15, 0.2) is 5.78 Å². The van der Waals surface area contributed by atoms with Crippen molar-refractivity contribution in [1.82, 2.24) is 9.55 Å². The number of benzene rings is 1. The minimum Gasteiger partial charge on any atom is -0.480 e. The highest BCUT2D eigenvalue weighted by Gasteiger charge is 2.32. The first-order valence-corrected chi connectivity index (χ1v) is 10.9. The van der Waals surface area contributed by atoms with Gasteiger partial charge in [-0.05, 0) is 71.7 Å². The molecule has 0 fully saturated rings. The maximum Gasteiger partial charge on any atom is 0.323 e. The summed E-state index contributed by atoms with van der Waals surface area (Å²) in [7, 11) is 0. The fourth-order valence-corrected chi connectivity index (χ4v) is 4.19.